The van der Waals surface area contributed by atoms with Crippen LogP contribution >= 0.6 is 23.1 Å². The second-order valence-electron chi connectivity index (χ2n) is 8.56. The number of halogens is 1. The van der Waals surface area contributed by atoms with Crippen molar-refractivity contribution in [3.05, 3.63) is 76.1 Å². The van der Waals surface area contributed by atoms with Crippen LogP contribution in [-0.4, -0.2) is 39.2 Å². The lowest BCUT2D eigenvalue weighted by atomic mass is 9.99. The van der Waals surface area contributed by atoms with Crippen LogP contribution in [0.15, 0.2) is 69.9 Å². The Morgan fingerprint density at radius 3 is 2.53 bits per heavy atom. The number of benzene rings is 2. The standard InChI is InChI=1S/C26H24FN3O2S2/c1-17-11-13-29(14-12-17)22(31)16-34-26-28-24-23(25(32)30(26)20-5-3-2-4-6-20)21(15-33-24)18-7-9-19(27)10-8-18/h2-10,15,17H,11-14,16H2,1H3. The number of aromatic nitrogens is 2. The van der Waals surface area contributed by atoms with Gasteiger partial charge in [0.15, 0.2) is 5.16 Å². The van der Waals surface area contributed by atoms with Crippen LogP contribution < -0.4 is 5.56 Å². The van der Waals surface area contributed by atoms with Crippen molar-refractivity contribution < 1.29 is 9.18 Å². The van der Waals surface area contributed by atoms with E-state index in [9.17, 15) is 14.0 Å². The van der Waals surface area contributed by atoms with Crippen LogP contribution in [0.4, 0.5) is 4.39 Å². The number of hydrogen-bond donors (Lipinski definition) is 0. The smallest absolute Gasteiger partial charge is 0.268 e. The molecular formula is C26H24FN3O2S2. The summed E-state index contributed by atoms with van der Waals surface area (Å²) in [4.78, 5) is 34.0. The van der Waals surface area contributed by atoms with E-state index in [4.69, 9.17) is 4.98 Å². The molecule has 174 valence electrons. The predicted octanol–water partition coefficient (Wildman–Crippen LogP) is 5.60. The van der Waals surface area contributed by atoms with Crippen LogP contribution in [0, 0.1) is 11.7 Å². The number of hydrogen-bond acceptors (Lipinski definition) is 5. The fraction of sp³-hybridized carbons (Fsp3) is 0.269. The van der Waals surface area contributed by atoms with Gasteiger partial charge in [0.25, 0.3) is 5.56 Å². The molecule has 1 amide bonds. The van der Waals surface area contributed by atoms with Crippen LogP contribution in [0.2, 0.25) is 0 Å². The van der Waals surface area contributed by atoms with E-state index in [2.05, 4.69) is 6.92 Å². The number of carbonyl (C=O) groups excluding carboxylic acids is 1. The average Bonchev–Trinajstić information content (AvgIpc) is 3.28. The zero-order valence-electron chi connectivity index (χ0n) is 18.7. The first-order valence-corrected chi connectivity index (χ1v) is 13.1. The molecule has 2 aromatic carbocycles. The molecule has 0 N–H and O–H groups in total. The van der Waals surface area contributed by atoms with E-state index in [0.717, 1.165) is 37.1 Å². The molecule has 0 unspecified atom stereocenters. The summed E-state index contributed by atoms with van der Waals surface area (Å²) in [5.74, 6) is 0.631. The van der Waals surface area contributed by atoms with Crippen LogP contribution in [0.25, 0.3) is 27.0 Å². The van der Waals surface area contributed by atoms with Gasteiger partial charge in [-0.2, -0.15) is 0 Å². The van der Waals surface area contributed by atoms with Gasteiger partial charge in [0.2, 0.25) is 5.91 Å². The molecular weight excluding hydrogens is 469 g/mol. The lowest BCUT2D eigenvalue weighted by Crippen LogP contribution is -2.39. The molecule has 0 atom stereocenters. The van der Waals surface area contributed by atoms with Gasteiger partial charge >= 0.3 is 0 Å². The molecule has 34 heavy (non-hydrogen) atoms. The minimum atomic E-state index is -0.324. The summed E-state index contributed by atoms with van der Waals surface area (Å²) in [6.45, 7) is 3.78. The Hall–Kier alpha value is -2.97. The second kappa shape index (κ2) is 9.72. The quantitative estimate of drug-likeness (QED) is 0.268. The van der Waals surface area contributed by atoms with Crippen LogP contribution in [-0.2, 0) is 4.79 Å². The van der Waals surface area contributed by atoms with Crippen molar-refractivity contribution in [3.63, 3.8) is 0 Å². The first-order chi connectivity index (χ1) is 16.5. The number of thiophene rings is 1. The van der Waals surface area contributed by atoms with Gasteiger partial charge in [0, 0.05) is 24.0 Å². The number of fused-ring (bicyclic) bond motifs is 1. The Morgan fingerprint density at radius 1 is 1.12 bits per heavy atom. The minimum absolute atomic E-state index is 0.0732. The Balaban J connectivity index is 1.54. The van der Waals surface area contributed by atoms with Gasteiger partial charge in [-0.1, -0.05) is 49.0 Å². The Morgan fingerprint density at radius 2 is 1.82 bits per heavy atom. The molecule has 5 nitrogen and oxygen atoms in total. The van der Waals surface area contributed by atoms with E-state index >= 15 is 0 Å². The maximum Gasteiger partial charge on any atom is 0.268 e. The van der Waals surface area contributed by atoms with Gasteiger partial charge in [-0.15, -0.1) is 11.3 Å². The Labute approximate surface area is 205 Å². The number of carbonyl (C=O) groups is 1. The van der Waals surface area contributed by atoms with Gasteiger partial charge in [0.05, 0.1) is 16.8 Å². The van der Waals surface area contributed by atoms with Crippen LogP contribution in [0.3, 0.4) is 0 Å². The third-order valence-electron chi connectivity index (χ3n) is 6.21. The van der Waals surface area contributed by atoms with Gasteiger partial charge in [-0.3, -0.25) is 14.2 Å². The maximum atomic E-state index is 13.8. The van der Waals surface area contributed by atoms with Gasteiger partial charge < -0.3 is 4.90 Å². The van der Waals surface area contributed by atoms with Crippen molar-refractivity contribution in [1.29, 1.82) is 0 Å². The molecule has 1 aliphatic heterocycles. The highest BCUT2D eigenvalue weighted by Gasteiger charge is 2.23. The molecule has 2 aromatic heterocycles. The normalized spacial score (nSPS) is 14.6. The highest BCUT2D eigenvalue weighted by molar-refractivity contribution is 7.99. The molecule has 8 heteroatoms. The first kappa shape index (κ1) is 22.8. The molecule has 0 radical (unpaired) electrons. The van der Waals surface area contributed by atoms with E-state index in [1.807, 2.05) is 40.6 Å². The molecule has 4 aromatic rings. The van der Waals surface area contributed by atoms with Gasteiger partial charge in [0.1, 0.15) is 10.6 Å². The maximum absolute atomic E-state index is 13.8. The van der Waals surface area contributed by atoms with Gasteiger partial charge in [-0.25, -0.2) is 9.37 Å². The third-order valence-corrected chi connectivity index (χ3v) is 8.00. The predicted molar refractivity (Wildman–Crippen MR) is 136 cm³/mol. The summed E-state index contributed by atoms with van der Waals surface area (Å²) in [6.07, 6.45) is 2.05. The van der Waals surface area contributed by atoms with Crippen molar-refractivity contribution in [2.24, 2.45) is 5.92 Å². The number of amides is 1. The monoisotopic (exact) mass is 493 g/mol. The highest BCUT2D eigenvalue weighted by atomic mass is 32.2. The summed E-state index contributed by atoms with van der Waals surface area (Å²) in [5, 5.41) is 2.88. The van der Waals surface area contributed by atoms with E-state index < -0.39 is 0 Å². The molecule has 5 rings (SSSR count). The van der Waals surface area contributed by atoms with E-state index in [1.165, 1.54) is 35.2 Å². The number of thioether (sulfide) groups is 1. The lowest BCUT2D eigenvalue weighted by Gasteiger charge is -2.30. The number of likely N-dealkylation sites (tertiary alicyclic amines) is 1. The SMILES string of the molecule is CC1CCN(C(=O)CSc2nc3scc(-c4ccc(F)cc4)c3c(=O)n2-c2ccccc2)CC1. The molecule has 0 saturated carbocycles. The van der Waals surface area contributed by atoms with E-state index in [0.29, 0.717) is 27.0 Å². The number of rotatable bonds is 5. The summed E-state index contributed by atoms with van der Waals surface area (Å²) < 4.78 is 15.0. The largest absolute Gasteiger partial charge is 0.342 e. The molecule has 0 aliphatic carbocycles. The Kier molecular flexibility index (Phi) is 6.52. The number of para-hydroxylation sites is 1. The van der Waals surface area contributed by atoms with Crippen molar-refractivity contribution >= 4 is 39.2 Å². The number of piperidine rings is 1. The number of nitrogens with zero attached hydrogens (tertiary/aromatic N) is 3. The second-order valence-corrected chi connectivity index (χ2v) is 10.4. The molecule has 0 bridgehead atoms. The van der Waals surface area contributed by atoms with Crippen molar-refractivity contribution in [3.8, 4) is 16.8 Å². The Bertz CT molecular complexity index is 1380. The van der Waals surface area contributed by atoms with Gasteiger partial charge in [-0.05, 0) is 48.6 Å². The molecule has 0 spiro atoms. The molecule has 1 aliphatic rings. The van der Waals surface area contributed by atoms with Crippen molar-refractivity contribution in [1.82, 2.24) is 14.5 Å². The molecule has 1 fully saturated rings. The fourth-order valence-corrected chi connectivity index (χ4v) is 6.10. The summed E-state index contributed by atoms with van der Waals surface area (Å²) in [6, 6.07) is 15.5. The molecule has 3 heterocycles. The average molecular weight is 494 g/mol. The summed E-state index contributed by atoms with van der Waals surface area (Å²) >= 11 is 2.68. The summed E-state index contributed by atoms with van der Waals surface area (Å²) in [5.41, 5.74) is 2.00. The van der Waals surface area contributed by atoms with Crippen molar-refractivity contribution in [2.75, 3.05) is 18.8 Å². The lowest BCUT2D eigenvalue weighted by molar-refractivity contribution is -0.129. The highest BCUT2D eigenvalue weighted by Crippen LogP contribution is 2.33. The molecule has 1 saturated heterocycles. The fourth-order valence-electron chi connectivity index (χ4n) is 4.19. The van der Waals surface area contributed by atoms with Crippen molar-refractivity contribution in [2.45, 2.75) is 24.9 Å². The van der Waals surface area contributed by atoms with Crippen LogP contribution in [0.5, 0.6) is 0 Å². The zero-order valence-corrected chi connectivity index (χ0v) is 20.4. The summed E-state index contributed by atoms with van der Waals surface area (Å²) in [7, 11) is 0. The van der Waals surface area contributed by atoms with Crippen LogP contribution in [0.1, 0.15) is 19.8 Å². The topological polar surface area (TPSA) is 55.2 Å². The third kappa shape index (κ3) is 4.52. The van der Waals surface area contributed by atoms with E-state index in [-0.39, 0.29) is 23.0 Å². The van der Waals surface area contributed by atoms with E-state index in [1.54, 1.807) is 16.7 Å². The minimum Gasteiger partial charge on any atom is -0.342 e. The zero-order chi connectivity index (χ0) is 23.7. The first-order valence-electron chi connectivity index (χ1n) is 11.3.